The van der Waals surface area contributed by atoms with E-state index in [1.54, 1.807) is 7.11 Å². The molecule has 1 aliphatic heterocycles. The molecule has 1 unspecified atom stereocenters. The zero-order valence-corrected chi connectivity index (χ0v) is 17.3. The lowest BCUT2D eigenvalue weighted by molar-refractivity contribution is -0.272. The van der Waals surface area contributed by atoms with Gasteiger partial charge in [0.15, 0.2) is 0 Å². The summed E-state index contributed by atoms with van der Waals surface area (Å²) >= 11 is 0. The second kappa shape index (κ2) is 5.51. The van der Waals surface area contributed by atoms with Gasteiger partial charge in [-0.3, -0.25) is 4.90 Å². The monoisotopic (exact) mass is 393 g/mol. The zero-order chi connectivity index (χ0) is 19.6. The van der Waals surface area contributed by atoms with E-state index in [1.807, 2.05) is 7.11 Å². The number of aliphatic hydroxyl groups is 3. The van der Waals surface area contributed by atoms with Gasteiger partial charge >= 0.3 is 0 Å². The highest BCUT2D eigenvalue weighted by Gasteiger charge is 2.84. The minimum absolute atomic E-state index is 0.0679. The first-order valence-electron chi connectivity index (χ1n) is 11.3. The molecule has 5 saturated carbocycles. The standard InChI is InChI=1S/C22H35NO5/c1-4-23-10-11-5-6-15(27-2)22-12(11)7-13(18(22)23)20(25)9-16(28-3)21(26)8-14(22)17(20)19(21)24/h11-19,24-26H,4-10H2,1-3H3/t11-,12+,13-,14+,15-,16-,17+,18?,19+,20-,21-,22-/m0/s1. The van der Waals surface area contributed by atoms with Crippen LogP contribution in [-0.2, 0) is 9.47 Å². The van der Waals surface area contributed by atoms with Crippen molar-refractivity contribution in [1.29, 1.82) is 0 Å². The summed E-state index contributed by atoms with van der Waals surface area (Å²) in [6.07, 6.45) is 2.92. The van der Waals surface area contributed by atoms with Crippen molar-refractivity contribution in [1.82, 2.24) is 4.90 Å². The van der Waals surface area contributed by atoms with Gasteiger partial charge in [-0.25, -0.2) is 0 Å². The fourth-order valence-corrected chi connectivity index (χ4v) is 9.94. The van der Waals surface area contributed by atoms with E-state index < -0.39 is 23.4 Å². The minimum Gasteiger partial charge on any atom is -0.390 e. The lowest BCUT2D eigenvalue weighted by Crippen LogP contribution is -2.75. The number of methoxy groups -OCH3 is 2. The van der Waals surface area contributed by atoms with Crippen LogP contribution in [-0.4, -0.2) is 83.1 Å². The summed E-state index contributed by atoms with van der Waals surface area (Å²) < 4.78 is 11.9. The summed E-state index contributed by atoms with van der Waals surface area (Å²) in [5.74, 6) is 1.09. The Labute approximate surface area is 167 Å². The lowest BCUT2D eigenvalue weighted by atomic mass is 9.46. The topological polar surface area (TPSA) is 82.4 Å². The average Bonchev–Trinajstić information content (AvgIpc) is 3.04. The summed E-state index contributed by atoms with van der Waals surface area (Å²) in [5.41, 5.74) is -2.30. The molecule has 0 aromatic rings. The van der Waals surface area contributed by atoms with Crippen LogP contribution in [0.25, 0.3) is 0 Å². The van der Waals surface area contributed by atoms with Gasteiger partial charge in [-0.15, -0.1) is 0 Å². The average molecular weight is 394 g/mol. The molecule has 6 aliphatic rings. The highest BCUT2D eigenvalue weighted by molar-refractivity contribution is 5.34. The van der Waals surface area contributed by atoms with Crippen LogP contribution >= 0.6 is 0 Å². The maximum Gasteiger partial charge on any atom is 0.117 e. The van der Waals surface area contributed by atoms with Crippen molar-refractivity contribution < 1.29 is 24.8 Å². The molecule has 3 N–H and O–H groups in total. The van der Waals surface area contributed by atoms with Gasteiger partial charge in [-0.05, 0) is 50.0 Å². The van der Waals surface area contributed by atoms with Crippen molar-refractivity contribution in [2.24, 2.45) is 35.0 Å². The van der Waals surface area contributed by atoms with E-state index >= 15 is 0 Å². The van der Waals surface area contributed by atoms with E-state index in [4.69, 9.17) is 9.47 Å². The summed E-state index contributed by atoms with van der Waals surface area (Å²) in [7, 11) is 3.44. The molecule has 0 aromatic carbocycles. The molecule has 6 fully saturated rings. The minimum atomic E-state index is -1.26. The summed E-state index contributed by atoms with van der Waals surface area (Å²) in [5, 5.41) is 35.0. The SMILES string of the molecule is CCN1C[C@@H]2CC[C@H](OC)[C@]34C1[C@H](C[C@H]23)[C@@]1(O)C[C@H](OC)[C@@]2(O)C[C@@H]4[C@@H]1[C@H]2O. The molecule has 28 heavy (non-hydrogen) atoms. The Balaban J connectivity index is 1.59. The molecule has 6 nitrogen and oxygen atoms in total. The van der Waals surface area contributed by atoms with Crippen molar-refractivity contribution >= 4 is 0 Å². The smallest absolute Gasteiger partial charge is 0.117 e. The molecular weight excluding hydrogens is 358 g/mol. The molecule has 1 spiro atoms. The predicted octanol–water partition coefficient (Wildman–Crippen LogP) is 0.630. The Morgan fingerprint density at radius 1 is 0.964 bits per heavy atom. The molecule has 1 heterocycles. The van der Waals surface area contributed by atoms with Gasteiger partial charge in [-0.2, -0.15) is 0 Å². The van der Waals surface area contributed by atoms with Crippen LogP contribution in [0.3, 0.4) is 0 Å². The predicted molar refractivity (Wildman–Crippen MR) is 102 cm³/mol. The second-order valence-electron chi connectivity index (χ2n) is 10.7. The summed E-state index contributed by atoms with van der Waals surface area (Å²) in [4.78, 5) is 2.61. The summed E-state index contributed by atoms with van der Waals surface area (Å²) in [6, 6.07) is 0.278. The molecule has 5 aliphatic carbocycles. The van der Waals surface area contributed by atoms with Gasteiger partial charge in [0, 0.05) is 50.5 Å². The number of rotatable bonds is 3. The molecular formula is C22H35NO5. The van der Waals surface area contributed by atoms with Crippen molar-refractivity contribution in [3.8, 4) is 0 Å². The Morgan fingerprint density at radius 3 is 2.39 bits per heavy atom. The number of aliphatic hydroxyl groups excluding tert-OH is 1. The number of piperidine rings is 1. The van der Waals surface area contributed by atoms with E-state index in [1.165, 1.54) is 6.42 Å². The van der Waals surface area contributed by atoms with Crippen LogP contribution in [0.2, 0.25) is 0 Å². The fourth-order valence-electron chi connectivity index (χ4n) is 9.94. The third-order valence-corrected chi connectivity index (χ3v) is 10.6. The van der Waals surface area contributed by atoms with E-state index in [9.17, 15) is 15.3 Å². The van der Waals surface area contributed by atoms with Gasteiger partial charge in [0.1, 0.15) is 5.60 Å². The Hall–Kier alpha value is -0.240. The maximum atomic E-state index is 12.2. The number of hydrogen-bond donors (Lipinski definition) is 3. The van der Waals surface area contributed by atoms with E-state index in [2.05, 4.69) is 11.8 Å². The van der Waals surface area contributed by atoms with E-state index in [-0.39, 0.29) is 35.3 Å². The van der Waals surface area contributed by atoms with Crippen LogP contribution < -0.4 is 0 Å². The Kier molecular flexibility index (Phi) is 3.65. The van der Waals surface area contributed by atoms with Gasteiger partial charge in [0.2, 0.25) is 0 Å². The zero-order valence-electron chi connectivity index (χ0n) is 17.3. The molecule has 12 atom stereocenters. The van der Waals surface area contributed by atoms with E-state index in [0.717, 1.165) is 25.9 Å². The van der Waals surface area contributed by atoms with Crippen molar-refractivity contribution in [3.63, 3.8) is 0 Å². The number of ether oxygens (including phenoxy) is 2. The number of hydrogen-bond acceptors (Lipinski definition) is 6. The normalized spacial score (nSPS) is 64.3. The third kappa shape index (κ3) is 1.69. The lowest BCUT2D eigenvalue weighted by Gasteiger charge is -2.66. The van der Waals surface area contributed by atoms with E-state index in [0.29, 0.717) is 24.7 Å². The van der Waals surface area contributed by atoms with Gasteiger partial charge < -0.3 is 24.8 Å². The van der Waals surface area contributed by atoms with Crippen LogP contribution in [0.1, 0.15) is 39.0 Å². The summed E-state index contributed by atoms with van der Waals surface area (Å²) in [6.45, 7) is 4.33. The first kappa shape index (κ1) is 18.5. The molecule has 6 heteroatoms. The number of likely N-dealkylation sites (tertiary alicyclic amines) is 1. The van der Waals surface area contributed by atoms with Crippen LogP contribution in [0.4, 0.5) is 0 Å². The highest BCUT2D eigenvalue weighted by atomic mass is 16.5. The molecule has 6 rings (SSSR count). The van der Waals surface area contributed by atoms with Crippen LogP contribution in [0, 0.1) is 35.0 Å². The molecule has 7 bridgehead atoms. The number of fused-ring (bicyclic) bond motifs is 2. The fraction of sp³-hybridized carbons (Fsp3) is 1.00. The Bertz CT molecular complexity index is 690. The molecule has 0 amide bonds. The number of nitrogens with zero attached hydrogens (tertiary/aromatic N) is 1. The maximum absolute atomic E-state index is 12.2. The molecule has 0 radical (unpaired) electrons. The first-order valence-corrected chi connectivity index (χ1v) is 11.3. The van der Waals surface area contributed by atoms with Gasteiger partial charge in [-0.1, -0.05) is 6.92 Å². The van der Waals surface area contributed by atoms with Crippen molar-refractivity contribution in [2.45, 2.75) is 74.6 Å². The highest BCUT2D eigenvalue weighted by Crippen LogP contribution is 2.77. The van der Waals surface area contributed by atoms with Gasteiger partial charge in [0.25, 0.3) is 0 Å². The molecule has 0 aromatic heterocycles. The second-order valence-corrected chi connectivity index (χ2v) is 10.7. The first-order chi connectivity index (χ1) is 13.4. The van der Waals surface area contributed by atoms with Gasteiger partial charge in [0.05, 0.1) is 23.9 Å². The van der Waals surface area contributed by atoms with Crippen molar-refractivity contribution in [3.05, 3.63) is 0 Å². The van der Waals surface area contributed by atoms with Crippen molar-refractivity contribution in [2.75, 3.05) is 27.3 Å². The van der Waals surface area contributed by atoms with Crippen LogP contribution in [0.5, 0.6) is 0 Å². The molecule has 1 saturated heterocycles. The Morgan fingerprint density at radius 2 is 1.71 bits per heavy atom. The molecule has 158 valence electrons. The quantitative estimate of drug-likeness (QED) is 0.653. The van der Waals surface area contributed by atoms with Crippen LogP contribution in [0.15, 0.2) is 0 Å². The largest absolute Gasteiger partial charge is 0.390 e. The third-order valence-electron chi connectivity index (χ3n) is 10.6.